The number of rotatable bonds is 20. The van der Waals surface area contributed by atoms with E-state index in [0.717, 1.165) is 57.2 Å². The van der Waals surface area contributed by atoms with E-state index >= 15 is 0 Å². The van der Waals surface area contributed by atoms with Crippen LogP contribution in [0.2, 0.25) is 6.86 Å². The number of ether oxygens (including phenoxy) is 2. The van der Waals surface area contributed by atoms with E-state index in [-0.39, 0.29) is 0 Å². The molecule has 0 aliphatic heterocycles. The maximum atomic E-state index is 6.47. The zero-order chi connectivity index (χ0) is 33.2. The van der Waals surface area contributed by atoms with E-state index in [1.54, 1.807) is 28.5 Å². The zero-order valence-corrected chi connectivity index (χ0v) is 38.4. The molecule has 0 amide bonds. The second kappa shape index (κ2) is 18.9. The third kappa shape index (κ3) is 12.8. The van der Waals surface area contributed by atoms with Crippen molar-refractivity contribution >= 4 is 103 Å². The quantitative estimate of drug-likeness (QED) is 0.0655. The summed E-state index contributed by atoms with van der Waals surface area (Å²) >= 11 is 5.83. The summed E-state index contributed by atoms with van der Waals surface area (Å²) in [5.74, 6) is 2.09. The molecule has 252 valence electrons. The predicted octanol–water partition coefficient (Wildman–Crippen LogP) is 11.8. The number of fused-ring (bicyclic) bond motifs is 1. The van der Waals surface area contributed by atoms with Crippen LogP contribution in [-0.4, -0.2) is 65.5 Å². The maximum absolute atomic E-state index is 6.47. The van der Waals surface area contributed by atoms with E-state index < -0.39 is 42.3 Å². The number of nitrogens with zero attached hydrogens (tertiary/aromatic N) is 2. The van der Waals surface area contributed by atoms with E-state index in [2.05, 4.69) is 67.5 Å². The Morgan fingerprint density at radius 1 is 0.543 bits per heavy atom. The Morgan fingerprint density at radius 2 is 0.913 bits per heavy atom. The first kappa shape index (κ1) is 38.9. The van der Waals surface area contributed by atoms with Gasteiger partial charge in [0.2, 0.25) is 0 Å². The molecule has 0 unspecified atom stereocenters. The summed E-state index contributed by atoms with van der Waals surface area (Å²) in [6.07, 6.45) is 15.3. The van der Waals surface area contributed by atoms with Gasteiger partial charge in [0.25, 0.3) is 0 Å². The third-order valence-electron chi connectivity index (χ3n) is 7.27. The van der Waals surface area contributed by atoms with Crippen molar-refractivity contribution in [2.45, 2.75) is 139 Å². The summed E-state index contributed by atoms with van der Waals surface area (Å²) < 4.78 is 16.8. The molecule has 0 bridgehead atoms. The van der Waals surface area contributed by atoms with Gasteiger partial charge in [0.15, 0.2) is 0 Å². The van der Waals surface area contributed by atoms with Crippen molar-refractivity contribution < 1.29 is 9.47 Å². The van der Waals surface area contributed by atoms with Crippen molar-refractivity contribution in [3.05, 3.63) is 12.1 Å². The molecule has 4 heterocycles. The summed E-state index contributed by atoms with van der Waals surface area (Å²) in [5, 5.41) is 2.13. The summed E-state index contributed by atoms with van der Waals surface area (Å²) in [5.41, 5.74) is 0. The molecule has 0 aliphatic carbocycles. The van der Waals surface area contributed by atoms with E-state index in [0.29, 0.717) is 6.86 Å². The van der Waals surface area contributed by atoms with Crippen LogP contribution >= 0.6 is 45.3 Å². The standard InChI is InChI=1S/C28H36N2O2S4.2C4H9.2Sn/c1-3-5-7-9-11-13-17-31-21-15-19-33-23(21)25-29-27-28(35-25)30-26(36-27)24-22(16-20-34-24)32-18-14-12-10-8-6-4-2;2*1-4(2)3;;/h15-16H,3-14,17-18H2,1-2H3;2*1-3H3;;. The summed E-state index contributed by atoms with van der Waals surface area (Å²) in [7, 11) is 0. The Hall–Kier alpha value is 0.117. The predicted molar refractivity (Wildman–Crippen MR) is 210 cm³/mol. The molecular weight excluding hydrogens is 858 g/mol. The van der Waals surface area contributed by atoms with Crippen LogP contribution in [0.5, 0.6) is 11.5 Å². The number of thiazole rings is 2. The van der Waals surface area contributed by atoms with E-state index in [9.17, 15) is 0 Å². The van der Waals surface area contributed by atoms with Gasteiger partial charge in [-0.05, 0) is 0 Å². The summed E-state index contributed by atoms with van der Waals surface area (Å²) in [6.45, 7) is 20.4. The first-order valence-corrected chi connectivity index (χ1v) is 26.3. The topological polar surface area (TPSA) is 44.2 Å². The molecule has 0 fully saturated rings. The summed E-state index contributed by atoms with van der Waals surface area (Å²) in [4.78, 5) is 14.9. The number of hydrogen-bond acceptors (Lipinski definition) is 8. The number of unbranched alkanes of at least 4 members (excludes halogenated alkanes) is 10. The molecule has 0 saturated carbocycles. The van der Waals surface area contributed by atoms with Crippen LogP contribution in [0.3, 0.4) is 0 Å². The van der Waals surface area contributed by atoms with E-state index in [4.69, 9.17) is 19.4 Å². The first-order valence-electron chi connectivity index (χ1n) is 17.3. The van der Waals surface area contributed by atoms with Crippen LogP contribution < -0.4 is 15.3 Å². The van der Waals surface area contributed by atoms with Gasteiger partial charge in [0.1, 0.15) is 0 Å². The normalized spacial score (nSPS) is 12.4. The molecule has 10 heteroatoms. The third-order valence-corrected chi connectivity index (χ3v) is 21.1. The molecule has 0 atom stereocenters. The molecule has 0 aliphatic rings. The van der Waals surface area contributed by atoms with Gasteiger partial charge in [-0.25, -0.2) is 0 Å². The van der Waals surface area contributed by atoms with Crippen molar-refractivity contribution in [1.82, 2.24) is 9.97 Å². The molecule has 0 saturated heterocycles. The van der Waals surface area contributed by atoms with Crippen molar-refractivity contribution in [3.63, 3.8) is 0 Å². The van der Waals surface area contributed by atoms with Gasteiger partial charge < -0.3 is 0 Å². The van der Waals surface area contributed by atoms with Crippen molar-refractivity contribution in [2.75, 3.05) is 13.2 Å². The van der Waals surface area contributed by atoms with Crippen molar-refractivity contribution in [1.29, 1.82) is 0 Å². The minimum absolute atomic E-state index is 0.395. The molecule has 0 aromatic carbocycles. The fourth-order valence-electron chi connectivity index (χ4n) is 5.09. The Kier molecular flexibility index (Phi) is 16.0. The van der Waals surface area contributed by atoms with E-state index in [1.807, 2.05) is 22.7 Å². The molecule has 4 aromatic rings. The molecule has 0 spiro atoms. The second-order valence-corrected chi connectivity index (χ2v) is 33.4. The van der Waals surface area contributed by atoms with Gasteiger partial charge in [-0.1, -0.05) is 0 Å². The monoisotopic (exact) mass is 914 g/mol. The SMILES string of the molecule is CCCCCCCCOc1c[c]([Sn][C](C)(C)C)sc1-c1nc2sc(-c3s[c]([Sn][C](C)(C)C)cc3OCCCCCCCC)nc2s1. The van der Waals surface area contributed by atoms with Gasteiger partial charge in [0, 0.05) is 0 Å². The fraction of sp³-hybridized carbons (Fsp3) is 0.667. The molecule has 46 heavy (non-hydrogen) atoms. The Labute approximate surface area is 315 Å². The van der Waals surface area contributed by atoms with Crippen LogP contribution in [0, 0.1) is 0 Å². The van der Waals surface area contributed by atoms with Gasteiger partial charge in [0.05, 0.1) is 0 Å². The molecule has 4 rings (SSSR count). The first-order chi connectivity index (χ1) is 22.0. The van der Waals surface area contributed by atoms with Gasteiger partial charge in [-0.3, -0.25) is 0 Å². The van der Waals surface area contributed by atoms with Crippen molar-refractivity contribution in [2.24, 2.45) is 0 Å². The van der Waals surface area contributed by atoms with E-state index in [1.165, 1.54) is 74.0 Å². The van der Waals surface area contributed by atoms with Crippen LogP contribution in [0.1, 0.15) is 132 Å². The molecule has 4 nitrogen and oxygen atoms in total. The molecule has 4 radical (unpaired) electrons. The molecule has 4 aromatic heterocycles. The van der Waals surface area contributed by atoms with Crippen LogP contribution in [-0.2, 0) is 0 Å². The Bertz CT molecular complexity index is 1340. The summed E-state index contributed by atoms with van der Waals surface area (Å²) in [6, 6.07) is 4.70. The molecule has 0 N–H and O–H groups in total. The Morgan fingerprint density at radius 3 is 1.28 bits per heavy atom. The number of hydrogen-bond donors (Lipinski definition) is 0. The minimum atomic E-state index is -0.740. The van der Waals surface area contributed by atoms with Crippen molar-refractivity contribution in [3.8, 4) is 31.3 Å². The fourth-order valence-corrected chi connectivity index (χ4v) is 21.2. The number of aromatic nitrogens is 2. The van der Waals surface area contributed by atoms with Gasteiger partial charge in [-0.15, -0.1) is 0 Å². The van der Waals surface area contributed by atoms with Crippen LogP contribution in [0.4, 0.5) is 0 Å². The second-order valence-electron chi connectivity index (χ2n) is 14.2. The zero-order valence-electron chi connectivity index (χ0n) is 29.4. The van der Waals surface area contributed by atoms with Crippen LogP contribution in [0.25, 0.3) is 29.4 Å². The Balaban J connectivity index is 1.52. The average molecular weight is 913 g/mol. The van der Waals surface area contributed by atoms with Crippen LogP contribution in [0.15, 0.2) is 12.1 Å². The number of thiophene rings is 2. The van der Waals surface area contributed by atoms with Gasteiger partial charge in [-0.2, -0.15) is 0 Å². The molecular formula is C36H54N2O2S4Sn2. The van der Waals surface area contributed by atoms with Gasteiger partial charge >= 0.3 is 318 Å². The average Bonchev–Trinajstić information content (AvgIpc) is 3.73.